The zero-order valence-electron chi connectivity index (χ0n) is 6.84. The molecule has 0 aromatic carbocycles. The van der Waals surface area contributed by atoms with E-state index in [4.69, 9.17) is 16.7 Å². The third-order valence-electron chi connectivity index (χ3n) is 1.56. The average Bonchev–Trinajstić information content (AvgIpc) is 2.09. The molecule has 0 aliphatic carbocycles. The van der Waals surface area contributed by atoms with Gasteiger partial charge in [-0.1, -0.05) is 11.6 Å². The van der Waals surface area contributed by atoms with E-state index in [0.29, 0.717) is 11.6 Å². The van der Waals surface area contributed by atoms with Crippen molar-refractivity contribution in [3.63, 3.8) is 0 Å². The fourth-order valence-electron chi connectivity index (χ4n) is 0.945. The Kier molecular flexibility index (Phi) is 3.47. The first kappa shape index (κ1) is 9.45. The highest BCUT2D eigenvalue weighted by Crippen LogP contribution is 2.18. The van der Waals surface area contributed by atoms with Gasteiger partial charge in [0.2, 0.25) is 0 Å². The van der Waals surface area contributed by atoms with Crippen molar-refractivity contribution in [3.8, 4) is 0 Å². The van der Waals surface area contributed by atoms with Crippen LogP contribution in [0.25, 0.3) is 0 Å². The highest BCUT2D eigenvalue weighted by atomic mass is 35.5. The predicted octanol–water partition coefficient (Wildman–Crippen LogP) is 0.947. The van der Waals surface area contributed by atoms with Crippen molar-refractivity contribution in [1.82, 2.24) is 10.3 Å². The number of aliphatic hydroxyl groups excluding tert-OH is 1. The molecule has 0 spiro atoms. The summed E-state index contributed by atoms with van der Waals surface area (Å²) in [6.45, 7) is 0.574. The Hall–Kier alpha value is -0.640. The van der Waals surface area contributed by atoms with E-state index in [-0.39, 0.29) is 6.61 Å². The monoisotopic (exact) mass is 186 g/mol. The summed E-state index contributed by atoms with van der Waals surface area (Å²) in [4.78, 5) is 4.07. The first-order valence-corrected chi connectivity index (χ1v) is 4.05. The minimum Gasteiger partial charge on any atom is -0.392 e. The molecule has 3 nitrogen and oxygen atoms in total. The first-order chi connectivity index (χ1) is 5.79. The van der Waals surface area contributed by atoms with Crippen LogP contribution in [0, 0.1) is 0 Å². The molecule has 0 amide bonds. The van der Waals surface area contributed by atoms with E-state index in [1.54, 1.807) is 12.3 Å². The molecule has 66 valence electrons. The van der Waals surface area contributed by atoms with E-state index in [0.717, 1.165) is 11.3 Å². The molecule has 0 unspecified atom stereocenters. The summed E-state index contributed by atoms with van der Waals surface area (Å²) in [6, 6.07) is 1.71. The van der Waals surface area contributed by atoms with Crippen molar-refractivity contribution < 1.29 is 5.11 Å². The third-order valence-corrected chi connectivity index (χ3v) is 2.02. The summed E-state index contributed by atoms with van der Waals surface area (Å²) in [6.07, 6.45) is 1.64. The molecule has 0 fully saturated rings. The summed E-state index contributed by atoms with van der Waals surface area (Å²) in [5.41, 5.74) is 1.49. The van der Waals surface area contributed by atoms with Crippen LogP contribution in [-0.2, 0) is 13.2 Å². The van der Waals surface area contributed by atoms with Crippen LogP contribution in [0.1, 0.15) is 11.3 Å². The lowest BCUT2D eigenvalue weighted by Gasteiger charge is -2.05. The van der Waals surface area contributed by atoms with Gasteiger partial charge in [-0.15, -0.1) is 0 Å². The zero-order valence-corrected chi connectivity index (χ0v) is 7.60. The molecule has 1 heterocycles. The number of nitrogens with one attached hydrogen (secondary N) is 1. The largest absolute Gasteiger partial charge is 0.392 e. The second-order valence-electron chi connectivity index (χ2n) is 2.42. The Labute approximate surface area is 76.4 Å². The predicted molar refractivity (Wildman–Crippen MR) is 47.9 cm³/mol. The number of hydrogen-bond donors (Lipinski definition) is 2. The molecular weight excluding hydrogens is 176 g/mol. The number of hydrogen-bond acceptors (Lipinski definition) is 3. The maximum Gasteiger partial charge on any atom is 0.0731 e. The Morgan fingerprint density at radius 3 is 3.00 bits per heavy atom. The highest BCUT2D eigenvalue weighted by molar-refractivity contribution is 6.31. The molecule has 0 bridgehead atoms. The fourth-order valence-corrected chi connectivity index (χ4v) is 1.18. The minimum absolute atomic E-state index is 0.0436. The van der Waals surface area contributed by atoms with Gasteiger partial charge in [0.05, 0.1) is 17.3 Å². The number of aliphatic hydroxyl groups is 1. The van der Waals surface area contributed by atoms with E-state index in [1.165, 1.54) is 0 Å². The third kappa shape index (κ3) is 1.94. The molecule has 12 heavy (non-hydrogen) atoms. The van der Waals surface area contributed by atoms with Crippen LogP contribution in [0.15, 0.2) is 12.3 Å². The number of aromatic nitrogens is 1. The first-order valence-electron chi connectivity index (χ1n) is 3.67. The van der Waals surface area contributed by atoms with Crippen LogP contribution < -0.4 is 5.32 Å². The molecule has 0 radical (unpaired) electrons. The normalized spacial score (nSPS) is 10.2. The van der Waals surface area contributed by atoms with Gasteiger partial charge in [0.1, 0.15) is 0 Å². The van der Waals surface area contributed by atoms with Gasteiger partial charge in [-0.05, 0) is 18.7 Å². The SMILES string of the molecule is CNCc1nccc(CO)c1Cl. The molecular formula is C8H11ClN2O. The van der Waals surface area contributed by atoms with E-state index in [2.05, 4.69) is 10.3 Å². The van der Waals surface area contributed by atoms with Crippen molar-refractivity contribution >= 4 is 11.6 Å². The van der Waals surface area contributed by atoms with E-state index in [1.807, 2.05) is 7.05 Å². The van der Waals surface area contributed by atoms with E-state index in [9.17, 15) is 0 Å². The molecule has 4 heteroatoms. The maximum atomic E-state index is 8.88. The standard InChI is InChI=1S/C8H11ClN2O/c1-10-4-7-8(9)6(5-12)2-3-11-7/h2-3,10,12H,4-5H2,1H3. The van der Waals surface area contributed by atoms with Crippen molar-refractivity contribution in [2.45, 2.75) is 13.2 Å². The van der Waals surface area contributed by atoms with Crippen molar-refractivity contribution in [3.05, 3.63) is 28.5 Å². The van der Waals surface area contributed by atoms with Gasteiger partial charge in [-0.2, -0.15) is 0 Å². The Morgan fingerprint density at radius 1 is 1.67 bits per heavy atom. The van der Waals surface area contributed by atoms with Gasteiger partial charge in [0.15, 0.2) is 0 Å². The highest BCUT2D eigenvalue weighted by Gasteiger charge is 2.04. The number of pyridine rings is 1. The smallest absolute Gasteiger partial charge is 0.0731 e. The molecule has 0 saturated heterocycles. The lowest BCUT2D eigenvalue weighted by molar-refractivity contribution is 0.281. The summed E-state index contributed by atoms with van der Waals surface area (Å²) in [5, 5.41) is 12.4. The molecule has 0 aliphatic heterocycles. The summed E-state index contributed by atoms with van der Waals surface area (Å²) < 4.78 is 0. The van der Waals surface area contributed by atoms with Crippen LogP contribution in [0.2, 0.25) is 5.02 Å². The number of halogens is 1. The summed E-state index contributed by atoms with van der Waals surface area (Å²) in [5.74, 6) is 0. The van der Waals surface area contributed by atoms with Crippen LogP contribution in [-0.4, -0.2) is 17.1 Å². The zero-order chi connectivity index (χ0) is 8.97. The van der Waals surface area contributed by atoms with E-state index < -0.39 is 0 Å². The van der Waals surface area contributed by atoms with Gasteiger partial charge in [0.25, 0.3) is 0 Å². The topological polar surface area (TPSA) is 45.2 Å². The molecule has 0 saturated carbocycles. The van der Waals surface area contributed by atoms with Crippen molar-refractivity contribution in [2.75, 3.05) is 7.05 Å². The summed E-state index contributed by atoms with van der Waals surface area (Å²) in [7, 11) is 1.82. The Bertz CT molecular complexity index is 265. The number of rotatable bonds is 3. The molecule has 0 aliphatic rings. The van der Waals surface area contributed by atoms with Crippen LogP contribution in [0.4, 0.5) is 0 Å². The molecule has 0 atom stereocenters. The average molecular weight is 187 g/mol. The molecule has 1 aromatic heterocycles. The Balaban J connectivity index is 2.97. The van der Waals surface area contributed by atoms with Gasteiger partial charge in [-0.25, -0.2) is 0 Å². The van der Waals surface area contributed by atoms with Gasteiger partial charge in [0, 0.05) is 12.7 Å². The quantitative estimate of drug-likeness (QED) is 0.739. The second kappa shape index (κ2) is 4.40. The molecule has 1 rings (SSSR count). The lowest BCUT2D eigenvalue weighted by Crippen LogP contribution is -2.08. The lowest BCUT2D eigenvalue weighted by atomic mass is 10.2. The molecule has 2 N–H and O–H groups in total. The van der Waals surface area contributed by atoms with Crippen molar-refractivity contribution in [2.24, 2.45) is 0 Å². The fraction of sp³-hybridized carbons (Fsp3) is 0.375. The van der Waals surface area contributed by atoms with Gasteiger partial charge >= 0.3 is 0 Å². The summed E-state index contributed by atoms with van der Waals surface area (Å²) >= 11 is 5.93. The van der Waals surface area contributed by atoms with Crippen LogP contribution in [0.3, 0.4) is 0 Å². The molecule has 1 aromatic rings. The second-order valence-corrected chi connectivity index (χ2v) is 2.80. The van der Waals surface area contributed by atoms with Crippen molar-refractivity contribution in [1.29, 1.82) is 0 Å². The number of nitrogens with zero attached hydrogens (tertiary/aromatic N) is 1. The van der Waals surface area contributed by atoms with Gasteiger partial charge < -0.3 is 10.4 Å². The Morgan fingerprint density at radius 2 is 2.42 bits per heavy atom. The maximum absolute atomic E-state index is 8.88. The van der Waals surface area contributed by atoms with E-state index >= 15 is 0 Å². The van der Waals surface area contributed by atoms with Crippen LogP contribution in [0.5, 0.6) is 0 Å². The van der Waals surface area contributed by atoms with Gasteiger partial charge in [-0.3, -0.25) is 4.98 Å². The minimum atomic E-state index is -0.0436. The van der Waals surface area contributed by atoms with Crippen LogP contribution >= 0.6 is 11.6 Å².